The highest BCUT2D eigenvalue weighted by Crippen LogP contribution is 2.26. The summed E-state index contributed by atoms with van der Waals surface area (Å²) in [5.74, 6) is 0.639. The molecule has 2 aliphatic rings. The fraction of sp³-hybridized carbons (Fsp3) is 0.867. The lowest BCUT2D eigenvalue weighted by molar-refractivity contribution is -0.130. The van der Waals surface area contributed by atoms with Crippen molar-refractivity contribution in [2.75, 3.05) is 39.3 Å². The van der Waals surface area contributed by atoms with E-state index in [4.69, 9.17) is 5.73 Å². The molecule has 0 bridgehead atoms. The Kier molecular flexibility index (Phi) is 10.8. The van der Waals surface area contributed by atoms with Gasteiger partial charge in [0, 0.05) is 58.7 Å². The van der Waals surface area contributed by atoms with Crippen LogP contribution in [0.4, 0.5) is 0 Å². The van der Waals surface area contributed by atoms with Gasteiger partial charge in [0.2, 0.25) is 11.8 Å². The molecule has 23 heavy (non-hydrogen) atoms. The molecule has 0 aromatic rings. The van der Waals surface area contributed by atoms with Crippen molar-refractivity contribution in [3.63, 3.8) is 0 Å². The molecule has 0 spiro atoms. The minimum absolute atomic E-state index is 0. The van der Waals surface area contributed by atoms with E-state index in [2.05, 4.69) is 10.2 Å². The summed E-state index contributed by atoms with van der Waals surface area (Å²) in [6, 6.07) is 0.204. The highest BCUT2D eigenvalue weighted by molar-refractivity contribution is 5.85. The summed E-state index contributed by atoms with van der Waals surface area (Å²) in [4.78, 5) is 27.3. The zero-order chi connectivity index (χ0) is 15.2. The van der Waals surface area contributed by atoms with Gasteiger partial charge in [0.15, 0.2) is 0 Å². The Morgan fingerprint density at radius 3 is 2.30 bits per heavy atom. The fourth-order valence-corrected chi connectivity index (χ4v) is 3.27. The normalized spacial score (nSPS) is 24.5. The van der Waals surface area contributed by atoms with E-state index in [1.807, 2.05) is 4.90 Å². The van der Waals surface area contributed by atoms with E-state index in [0.29, 0.717) is 18.9 Å². The number of hydrogen-bond acceptors (Lipinski definition) is 4. The van der Waals surface area contributed by atoms with Crippen LogP contribution < -0.4 is 11.1 Å². The van der Waals surface area contributed by atoms with Crippen LogP contribution >= 0.6 is 24.8 Å². The van der Waals surface area contributed by atoms with Crippen molar-refractivity contribution in [2.45, 2.75) is 38.6 Å². The van der Waals surface area contributed by atoms with Crippen LogP contribution in [-0.2, 0) is 9.59 Å². The molecule has 1 heterocycles. The van der Waals surface area contributed by atoms with E-state index in [0.717, 1.165) is 52.0 Å². The van der Waals surface area contributed by atoms with E-state index < -0.39 is 0 Å². The number of halogens is 2. The summed E-state index contributed by atoms with van der Waals surface area (Å²) >= 11 is 0. The van der Waals surface area contributed by atoms with Gasteiger partial charge in [-0.05, 0) is 18.8 Å². The van der Waals surface area contributed by atoms with Crippen molar-refractivity contribution in [2.24, 2.45) is 11.7 Å². The minimum Gasteiger partial charge on any atom is -0.355 e. The van der Waals surface area contributed by atoms with E-state index in [1.54, 1.807) is 6.92 Å². The summed E-state index contributed by atoms with van der Waals surface area (Å²) in [7, 11) is 0. The second kappa shape index (κ2) is 11.1. The highest BCUT2D eigenvalue weighted by atomic mass is 35.5. The summed E-state index contributed by atoms with van der Waals surface area (Å²) in [6.07, 6.45) is 3.86. The monoisotopic (exact) mass is 368 g/mol. The summed E-state index contributed by atoms with van der Waals surface area (Å²) < 4.78 is 0. The maximum absolute atomic E-state index is 11.9. The topological polar surface area (TPSA) is 78.7 Å². The smallest absolute Gasteiger partial charge is 0.220 e. The zero-order valence-electron chi connectivity index (χ0n) is 13.8. The summed E-state index contributed by atoms with van der Waals surface area (Å²) in [5, 5.41) is 2.99. The first-order valence-corrected chi connectivity index (χ1v) is 8.06. The quantitative estimate of drug-likeness (QED) is 0.745. The first-order chi connectivity index (χ1) is 10.1. The van der Waals surface area contributed by atoms with Crippen LogP contribution in [0.1, 0.15) is 32.6 Å². The van der Waals surface area contributed by atoms with Gasteiger partial charge in [0.1, 0.15) is 0 Å². The maximum atomic E-state index is 11.9. The van der Waals surface area contributed by atoms with Crippen LogP contribution in [0.15, 0.2) is 0 Å². The molecule has 2 fully saturated rings. The molecule has 0 radical (unpaired) electrons. The molecule has 3 N–H and O–H groups in total. The summed E-state index contributed by atoms with van der Waals surface area (Å²) in [6.45, 7) is 6.52. The predicted octanol–water partition coefficient (Wildman–Crippen LogP) is 0.628. The minimum atomic E-state index is 0. The molecule has 1 saturated heterocycles. The first kappa shape index (κ1) is 22.4. The van der Waals surface area contributed by atoms with Crippen LogP contribution in [0.3, 0.4) is 0 Å². The van der Waals surface area contributed by atoms with Crippen LogP contribution in [0, 0.1) is 5.92 Å². The predicted molar refractivity (Wildman–Crippen MR) is 96.1 cm³/mol. The van der Waals surface area contributed by atoms with Gasteiger partial charge in [-0.25, -0.2) is 0 Å². The van der Waals surface area contributed by atoms with E-state index in [1.165, 1.54) is 0 Å². The Hall–Kier alpha value is -0.560. The largest absolute Gasteiger partial charge is 0.355 e. The average Bonchev–Trinajstić information content (AvgIpc) is 2.85. The number of nitrogens with zero attached hydrogens (tertiary/aromatic N) is 2. The van der Waals surface area contributed by atoms with Crippen molar-refractivity contribution in [1.29, 1.82) is 0 Å². The Morgan fingerprint density at radius 1 is 1.13 bits per heavy atom. The number of carbonyl (C=O) groups excluding carboxylic acids is 2. The van der Waals surface area contributed by atoms with Crippen LogP contribution in [0.5, 0.6) is 0 Å². The second-order valence-electron chi connectivity index (χ2n) is 6.26. The number of nitrogens with one attached hydrogen (secondary N) is 1. The molecule has 0 aromatic carbocycles. The van der Waals surface area contributed by atoms with Crippen LogP contribution in [-0.4, -0.2) is 66.9 Å². The molecule has 8 heteroatoms. The molecular weight excluding hydrogens is 339 g/mol. The number of hydrogen-bond donors (Lipinski definition) is 2. The van der Waals surface area contributed by atoms with Crippen molar-refractivity contribution in [3.8, 4) is 0 Å². The lowest BCUT2D eigenvalue weighted by atomic mass is 10.00. The molecule has 1 aliphatic heterocycles. The van der Waals surface area contributed by atoms with Gasteiger partial charge in [-0.3, -0.25) is 14.5 Å². The number of rotatable bonds is 5. The van der Waals surface area contributed by atoms with Crippen molar-refractivity contribution >= 4 is 36.6 Å². The maximum Gasteiger partial charge on any atom is 0.220 e. The van der Waals surface area contributed by atoms with Gasteiger partial charge >= 0.3 is 0 Å². The number of carbonyl (C=O) groups is 2. The molecule has 2 amide bonds. The number of amides is 2. The van der Waals surface area contributed by atoms with Gasteiger partial charge in [-0.15, -0.1) is 24.8 Å². The molecular formula is C15H30Cl2N4O2. The lowest BCUT2D eigenvalue weighted by Gasteiger charge is -2.34. The Bertz CT molecular complexity index is 376. The molecule has 2 rings (SSSR count). The van der Waals surface area contributed by atoms with Gasteiger partial charge in [-0.1, -0.05) is 6.42 Å². The molecule has 136 valence electrons. The van der Waals surface area contributed by atoms with E-state index in [9.17, 15) is 9.59 Å². The molecule has 1 aliphatic carbocycles. The molecule has 6 nitrogen and oxygen atoms in total. The van der Waals surface area contributed by atoms with Crippen molar-refractivity contribution in [3.05, 3.63) is 0 Å². The van der Waals surface area contributed by atoms with Crippen molar-refractivity contribution < 1.29 is 9.59 Å². The SMILES string of the molecule is CC(=O)N1CCN(CCNC(=O)C[C@@H]2CCC[C@H]2N)CC1.Cl.Cl. The van der Waals surface area contributed by atoms with Gasteiger partial charge in [-0.2, -0.15) is 0 Å². The zero-order valence-corrected chi connectivity index (χ0v) is 15.5. The average molecular weight is 369 g/mol. The van der Waals surface area contributed by atoms with Crippen LogP contribution in [0.25, 0.3) is 0 Å². The number of nitrogens with two attached hydrogens (primary N) is 1. The van der Waals surface area contributed by atoms with Crippen LogP contribution in [0.2, 0.25) is 0 Å². The van der Waals surface area contributed by atoms with E-state index in [-0.39, 0.29) is 42.7 Å². The molecule has 0 unspecified atom stereocenters. The third-order valence-corrected chi connectivity index (χ3v) is 4.73. The third kappa shape index (κ3) is 7.25. The van der Waals surface area contributed by atoms with Gasteiger partial charge in [0.05, 0.1) is 0 Å². The van der Waals surface area contributed by atoms with Crippen molar-refractivity contribution in [1.82, 2.24) is 15.1 Å². The fourth-order valence-electron chi connectivity index (χ4n) is 3.27. The van der Waals surface area contributed by atoms with Gasteiger partial charge < -0.3 is 16.0 Å². The molecule has 2 atom stereocenters. The Labute approximate surface area is 151 Å². The second-order valence-corrected chi connectivity index (χ2v) is 6.26. The molecule has 0 aromatic heterocycles. The molecule has 1 saturated carbocycles. The van der Waals surface area contributed by atoms with E-state index >= 15 is 0 Å². The Balaban J connectivity index is 0.00000242. The first-order valence-electron chi connectivity index (χ1n) is 8.06. The Morgan fingerprint density at radius 2 is 1.78 bits per heavy atom. The standard InChI is InChI=1S/C15H28N4O2.2ClH/c1-12(20)19-9-7-18(8-10-19)6-5-17-15(21)11-13-3-2-4-14(13)16;;/h13-14H,2-11,16H2,1H3,(H,17,21);2*1H/t13-,14+;;/m0../s1. The lowest BCUT2D eigenvalue weighted by Crippen LogP contribution is -2.49. The number of piperazine rings is 1. The van der Waals surface area contributed by atoms with Gasteiger partial charge in [0.25, 0.3) is 0 Å². The highest BCUT2D eigenvalue weighted by Gasteiger charge is 2.26. The third-order valence-electron chi connectivity index (χ3n) is 4.73. The summed E-state index contributed by atoms with van der Waals surface area (Å²) in [5.41, 5.74) is 5.99.